The first-order chi connectivity index (χ1) is 9.83. The fourth-order valence-corrected chi connectivity index (χ4v) is 3.09. The van der Waals surface area contributed by atoms with Gasteiger partial charge in [-0.15, -0.1) is 0 Å². The van der Waals surface area contributed by atoms with Gasteiger partial charge in [-0.05, 0) is 60.0 Å². The van der Waals surface area contributed by atoms with Crippen molar-refractivity contribution in [1.29, 1.82) is 0 Å². The van der Waals surface area contributed by atoms with E-state index < -0.39 is 0 Å². The Morgan fingerprint density at radius 3 is 2.45 bits per heavy atom. The smallest absolute Gasteiger partial charge is 0.372 e. The van der Waals surface area contributed by atoms with Crippen LogP contribution in [0.5, 0.6) is 0 Å². The van der Waals surface area contributed by atoms with Crippen LogP contribution in [0.2, 0.25) is 0 Å². The van der Waals surface area contributed by atoms with Crippen LogP contribution < -0.4 is 9.47 Å². The molecule has 0 saturated carbocycles. The molecule has 5 heteroatoms. The number of benzene rings is 1. The number of azo groups is 1. The van der Waals surface area contributed by atoms with Gasteiger partial charge >= 0.3 is 5.13 Å². The second-order valence-electron chi connectivity index (χ2n) is 5.06. The van der Waals surface area contributed by atoms with Crippen molar-refractivity contribution >= 4 is 27.8 Å². The number of piperidine rings is 1. The van der Waals surface area contributed by atoms with Crippen LogP contribution in [0.3, 0.4) is 0 Å². The van der Waals surface area contributed by atoms with Gasteiger partial charge in [-0.25, -0.2) is 4.57 Å². The van der Waals surface area contributed by atoms with E-state index in [2.05, 4.69) is 27.3 Å². The molecule has 0 bridgehead atoms. The van der Waals surface area contributed by atoms with E-state index in [4.69, 9.17) is 0 Å². The Morgan fingerprint density at radius 2 is 1.80 bits per heavy atom. The lowest BCUT2D eigenvalue weighted by atomic mass is 10.1. The molecule has 1 aromatic carbocycles. The summed E-state index contributed by atoms with van der Waals surface area (Å²) in [5, 5.41) is 11.5. The Balaban J connectivity index is 1.69. The van der Waals surface area contributed by atoms with E-state index in [-0.39, 0.29) is 0 Å². The topological polar surface area (TPSA) is 31.8 Å². The van der Waals surface area contributed by atoms with Crippen LogP contribution in [0.4, 0.5) is 16.5 Å². The summed E-state index contributed by atoms with van der Waals surface area (Å²) in [4.78, 5) is 2.45. The van der Waals surface area contributed by atoms with Crippen molar-refractivity contribution < 1.29 is 4.57 Å². The molecule has 3 rings (SSSR count). The van der Waals surface area contributed by atoms with Gasteiger partial charge in [0.1, 0.15) is 11.9 Å². The Kier molecular flexibility index (Phi) is 4.06. The molecule has 0 N–H and O–H groups in total. The van der Waals surface area contributed by atoms with Crippen molar-refractivity contribution in [3.63, 3.8) is 0 Å². The largest absolute Gasteiger partial charge is 0.408 e. The van der Waals surface area contributed by atoms with E-state index in [9.17, 15) is 0 Å². The van der Waals surface area contributed by atoms with E-state index >= 15 is 0 Å². The average molecular weight is 287 g/mol. The summed E-state index contributed by atoms with van der Waals surface area (Å²) in [5.74, 6) is 0. The number of thiazole rings is 1. The predicted molar refractivity (Wildman–Crippen MR) is 82.2 cm³/mol. The molecule has 0 unspecified atom stereocenters. The SMILES string of the molecule is C[n+]1ccsc1/N=N/c1ccc(N2CCCCC2)cc1. The maximum absolute atomic E-state index is 4.29. The van der Waals surface area contributed by atoms with Gasteiger partial charge in [0, 0.05) is 24.2 Å². The van der Waals surface area contributed by atoms with E-state index in [1.54, 1.807) is 11.3 Å². The molecule has 0 radical (unpaired) electrons. The van der Waals surface area contributed by atoms with Crippen LogP contribution >= 0.6 is 11.3 Å². The Bertz CT molecular complexity index is 582. The average Bonchev–Trinajstić information content (AvgIpc) is 2.92. The van der Waals surface area contributed by atoms with Crippen LogP contribution in [0, 0.1) is 0 Å². The first kappa shape index (κ1) is 13.2. The highest BCUT2D eigenvalue weighted by Gasteiger charge is 2.11. The summed E-state index contributed by atoms with van der Waals surface area (Å²) in [6, 6.07) is 8.38. The third kappa shape index (κ3) is 3.04. The number of aryl methyl sites for hydroxylation is 1. The predicted octanol–water partition coefficient (Wildman–Crippen LogP) is 3.98. The van der Waals surface area contributed by atoms with Crippen LogP contribution in [0.1, 0.15) is 19.3 Å². The summed E-state index contributed by atoms with van der Waals surface area (Å²) < 4.78 is 1.97. The second kappa shape index (κ2) is 6.13. The van der Waals surface area contributed by atoms with Crippen LogP contribution in [-0.4, -0.2) is 13.1 Å². The van der Waals surface area contributed by atoms with E-state index in [1.165, 1.54) is 38.0 Å². The number of aromatic nitrogens is 1. The van der Waals surface area contributed by atoms with Gasteiger partial charge in [0.25, 0.3) is 0 Å². The molecule has 0 aliphatic carbocycles. The van der Waals surface area contributed by atoms with Gasteiger partial charge in [-0.3, -0.25) is 0 Å². The number of anilines is 1. The fourth-order valence-electron chi connectivity index (χ4n) is 2.41. The quantitative estimate of drug-likeness (QED) is 0.620. The molecular weight excluding hydrogens is 268 g/mol. The summed E-state index contributed by atoms with van der Waals surface area (Å²) in [7, 11) is 1.98. The van der Waals surface area contributed by atoms with Crippen molar-refractivity contribution in [3.8, 4) is 0 Å². The van der Waals surface area contributed by atoms with Gasteiger partial charge in [0.05, 0.1) is 12.2 Å². The van der Waals surface area contributed by atoms with Crippen molar-refractivity contribution in [2.45, 2.75) is 19.3 Å². The summed E-state index contributed by atoms with van der Waals surface area (Å²) in [5.41, 5.74) is 2.20. The van der Waals surface area contributed by atoms with Crippen molar-refractivity contribution in [2.75, 3.05) is 18.0 Å². The molecule has 1 saturated heterocycles. The summed E-state index contributed by atoms with van der Waals surface area (Å²) in [6.07, 6.45) is 5.95. The molecule has 1 fully saturated rings. The lowest BCUT2D eigenvalue weighted by Crippen LogP contribution is -2.29. The van der Waals surface area contributed by atoms with Gasteiger partial charge in [-0.2, -0.15) is 0 Å². The third-order valence-electron chi connectivity index (χ3n) is 3.58. The first-order valence-electron chi connectivity index (χ1n) is 7.03. The molecule has 20 heavy (non-hydrogen) atoms. The molecule has 1 aromatic heterocycles. The Labute approximate surface area is 123 Å². The first-order valence-corrected chi connectivity index (χ1v) is 7.91. The van der Waals surface area contributed by atoms with Gasteiger partial charge in [-0.1, -0.05) is 0 Å². The second-order valence-corrected chi connectivity index (χ2v) is 5.93. The molecular formula is C15H19N4S+. The normalized spacial score (nSPS) is 15.9. The lowest BCUT2D eigenvalue weighted by molar-refractivity contribution is -0.654. The Morgan fingerprint density at radius 1 is 1.05 bits per heavy atom. The molecule has 0 spiro atoms. The molecule has 2 heterocycles. The number of hydrogen-bond acceptors (Lipinski definition) is 4. The molecule has 2 aromatic rings. The highest BCUT2D eigenvalue weighted by molar-refractivity contribution is 7.12. The van der Waals surface area contributed by atoms with Crippen LogP contribution in [0.25, 0.3) is 0 Å². The van der Waals surface area contributed by atoms with Gasteiger partial charge < -0.3 is 4.90 Å². The number of rotatable bonds is 3. The highest BCUT2D eigenvalue weighted by atomic mass is 32.1. The van der Waals surface area contributed by atoms with Crippen LogP contribution in [0.15, 0.2) is 46.1 Å². The minimum atomic E-state index is 0.902. The lowest BCUT2D eigenvalue weighted by Gasteiger charge is -2.28. The molecule has 0 amide bonds. The number of hydrogen-bond donors (Lipinski definition) is 0. The zero-order valence-electron chi connectivity index (χ0n) is 11.7. The van der Waals surface area contributed by atoms with E-state index in [0.717, 1.165) is 10.8 Å². The maximum Gasteiger partial charge on any atom is 0.408 e. The monoisotopic (exact) mass is 287 g/mol. The van der Waals surface area contributed by atoms with Crippen molar-refractivity contribution in [3.05, 3.63) is 35.8 Å². The standard InChI is InChI=1S/C15H19N4S/c1-18-11-12-20-15(18)17-16-13-5-7-14(8-6-13)19-9-3-2-4-10-19/h5-8,11-12H,2-4,9-10H2,1H3/q+1. The summed E-state index contributed by atoms with van der Waals surface area (Å²) >= 11 is 1.59. The fraction of sp³-hybridized carbons (Fsp3) is 0.400. The maximum atomic E-state index is 4.29. The molecule has 104 valence electrons. The van der Waals surface area contributed by atoms with E-state index in [1.807, 2.05) is 35.3 Å². The van der Waals surface area contributed by atoms with E-state index in [0.29, 0.717) is 0 Å². The summed E-state index contributed by atoms with van der Waals surface area (Å²) in [6.45, 7) is 2.35. The zero-order valence-corrected chi connectivity index (χ0v) is 12.5. The van der Waals surface area contributed by atoms with Gasteiger partial charge in [0.15, 0.2) is 0 Å². The highest BCUT2D eigenvalue weighted by Crippen LogP contribution is 2.24. The molecule has 0 atom stereocenters. The molecule has 1 aliphatic rings. The van der Waals surface area contributed by atoms with Crippen molar-refractivity contribution in [1.82, 2.24) is 0 Å². The molecule has 1 aliphatic heterocycles. The molecule has 4 nitrogen and oxygen atoms in total. The minimum Gasteiger partial charge on any atom is -0.372 e. The van der Waals surface area contributed by atoms with Crippen molar-refractivity contribution in [2.24, 2.45) is 17.3 Å². The third-order valence-corrected chi connectivity index (χ3v) is 4.42. The van der Waals surface area contributed by atoms with Gasteiger partial charge in [0.2, 0.25) is 0 Å². The minimum absolute atomic E-state index is 0.902. The zero-order chi connectivity index (χ0) is 13.8. The number of nitrogens with zero attached hydrogens (tertiary/aromatic N) is 4. The Hall–Kier alpha value is -1.75. The van der Waals surface area contributed by atoms with Crippen LogP contribution in [-0.2, 0) is 7.05 Å².